The van der Waals surface area contributed by atoms with Crippen molar-refractivity contribution in [3.63, 3.8) is 0 Å². The van der Waals surface area contributed by atoms with Gasteiger partial charge in [-0.25, -0.2) is 0 Å². The Bertz CT molecular complexity index is 514. The molecule has 1 aliphatic rings. The summed E-state index contributed by atoms with van der Waals surface area (Å²) < 4.78 is 0. The Morgan fingerprint density at radius 1 is 1.24 bits per heavy atom. The van der Waals surface area contributed by atoms with Gasteiger partial charge in [0.1, 0.15) is 0 Å². The third-order valence-electron chi connectivity index (χ3n) is 3.81. The van der Waals surface area contributed by atoms with Crippen LogP contribution >= 0.6 is 0 Å². The van der Waals surface area contributed by atoms with Crippen molar-refractivity contribution in [3.8, 4) is 0 Å². The number of para-hydroxylation sites is 1. The van der Waals surface area contributed by atoms with Crippen LogP contribution in [0.5, 0.6) is 0 Å². The van der Waals surface area contributed by atoms with Crippen LogP contribution in [0.3, 0.4) is 0 Å². The lowest BCUT2D eigenvalue weighted by Gasteiger charge is -2.36. The highest BCUT2D eigenvalue weighted by molar-refractivity contribution is 5.43. The van der Waals surface area contributed by atoms with Gasteiger partial charge in [-0.2, -0.15) is 0 Å². The molecule has 0 aromatic heterocycles. The number of nitrogens with two attached hydrogens (primary N) is 2. The van der Waals surface area contributed by atoms with Crippen LogP contribution in [0.25, 0.3) is 0 Å². The Balaban J connectivity index is 2.04. The summed E-state index contributed by atoms with van der Waals surface area (Å²) in [6.45, 7) is 0.632. The first-order valence-electron chi connectivity index (χ1n) is 7.10. The molecule has 0 bridgehead atoms. The fourth-order valence-electron chi connectivity index (χ4n) is 2.50. The summed E-state index contributed by atoms with van der Waals surface area (Å²) in [5, 5.41) is 21.5. The van der Waals surface area contributed by atoms with Crippen molar-refractivity contribution < 1.29 is 10.2 Å². The molecule has 0 saturated carbocycles. The van der Waals surface area contributed by atoms with Crippen molar-refractivity contribution in [1.29, 1.82) is 0 Å². The predicted octanol–water partition coefficient (Wildman–Crippen LogP) is 0.915. The Kier molecular flexibility index (Phi) is 5.01. The second-order valence-electron chi connectivity index (χ2n) is 5.49. The van der Waals surface area contributed by atoms with Gasteiger partial charge in [-0.05, 0) is 31.1 Å². The summed E-state index contributed by atoms with van der Waals surface area (Å²) in [7, 11) is 0. The van der Waals surface area contributed by atoms with Crippen LogP contribution in [-0.2, 0) is 0 Å². The maximum Gasteiger partial charge on any atom is 0.151 e. The van der Waals surface area contributed by atoms with Crippen molar-refractivity contribution in [2.45, 2.75) is 24.7 Å². The first kappa shape index (κ1) is 15.6. The first-order chi connectivity index (χ1) is 9.99. The van der Waals surface area contributed by atoms with E-state index in [2.05, 4.69) is 5.32 Å². The maximum absolute atomic E-state index is 9.06. The summed E-state index contributed by atoms with van der Waals surface area (Å²) in [5.41, 5.74) is 13.4. The van der Waals surface area contributed by atoms with Gasteiger partial charge in [0.15, 0.2) is 6.29 Å². The molecular weight excluding hydrogens is 266 g/mol. The second kappa shape index (κ2) is 6.76. The van der Waals surface area contributed by atoms with E-state index in [0.29, 0.717) is 18.7 Å². The monoisotopic (exact) mass is 289 g/mol. The minimum atomic E-state index is -1.34. The number of aliphatic hydroxyl groups excluding tert-OH is 1. The lowest BCUT2D eigenvalue weighted by molar-refractivity contribution is -0.0495. The molecule has 5 heteroatoms. The third-order valence-corrected chi connectivity index (χ3v) is 3.81. The highest BCUT2D eigenvalue weighted by atomic mass is 16.5. The topological polar surface area (TPSA) is 105 Å². The lowest BCUT2D eigenvalue weighted by atomic mass is 9.77. The zero-order valence-corrected chi connectivity index (χ0v) is 11.9. The third kappa shape index (κ3) is 4.32. The largest absolute Gasteiger partial charge is 0.399 e. The molecule has 21 heavy (non-hydrogen) atoms. The van der Waals surface area contributed by atoms with E-state index >= 15 is 0 Å². The van der Waals surface area contributed by atoms with Gasteiger partial charge in [0.25, 0.3) is 0 Å². The number of rotatable bonds is 6. The average Bonchev–Trinajstić information content (AvgIpc) is 2.48. The van der Waals surface area contributed by atoms with Gasteiger partial charge in [-0.1, -0.05) is 30.4 Å². The molecule has 1 aromatic carbocycles. The first-order valence-corrected chi connectivity index (χ1v) is 7.10. The van der Waals surface area contributed by atoms with E-state index in [0.717, 1.165) is 5.69 Å². The highest BCUT2D eigenvalue weighted by Crippen LogP contribution is 2.29. The molecule has 0 amide bonds. The molecule has 114 valence electrons. The standard InChI is InChI=1S/C16H23N3O2/c17-13-6-8-16(18,9-7-15(20)21)12(10-13)11-19-14-4-2-1-3-5-14/h1-6,8,10,12,15,19-21H,7,9,11,17-18H2. The number of benzene rings is 1. The van der Waals surface area contributed by atoms with Gasteiger partial charge in [-0.3, -0.25) is 0 Å². The van der Waals surface area contributed by atoms with Gasteiger partial charge in [0.2, 0.25) is 0 Å². The number of nitrogens with one attached hydrogen (secondary N) is 1. The van der Waals surface area contributed by atoms with Crippen LogP contribution in [-0.4, -0.2) is 28.6 Å². The van der Waals surface area contributed by atoms with Gasteiger partial charge < -0.3 is 27.0 Å². The number of anilines is 1. The zero-order valence-electron chi connectivity index (χ0n) is 11.9. The van der Waals surface area contributed by atoms with Crippen LogP contribution in [0.1, 0.15) is 12.8 Å². The number of hydrogen-bond donors (Lipinski definition) is 5. The van der Waals surface area contributed by atoms with Crippen molar-refractivity contribution in [2.75, 3.05) is 11.9 Å². The molecule has 1 aliphatic carbocycles. The molecule has 0 saturated heterocycles. The minimum Gasteiger partial charge on any atom is -0.399 e. The normalized spacial score (nSPS) is 25.0. The Morgan fingerprint density at radius 3 is 2.62 bits per heavy atom. The maximum atomic E-state index is 9.06. The molecule has 0 spiro atoms. The molecule has 2 unspecified atom stereocenters. The van der Waals surface area contributed by atoms with Crippen LogP contribution in [0.15, 0.2) is 54.3 Å². The molecular formula is C16H23N3O2. The summed E-state index contributed by atoms with van der Waals surface area (Å²) in [6.07, 6.45) is 4.94. The Labute approximate surface area is 125 Å². The molecule has 7 N–H and O–H groups in total. The Morgan fingerprint density at radius 2 is 1.95 bits per heavy atom. The fraction of sp³-hybridized carbons (Fsp3) is 0.375. The quantitative estimate of drug-likeness (QED) is 0.501. The molecule has 0 heterocycles. The van der Waals surface area contributed by atoms with Crippen LogP contribution in [0.2, 0.25) is 0 Å². The number of allylic oxidation sites excluding steroid dienone is 1. The van der Waals surface area contributed by atoms with E-state index in [1.807, 2.05) is 42.5 Å². The van der Waals surface area contributed by atoms with Gasteiger partial charge in [-0.15, -0.1) is 0 Å². The van der Waals surface area contributed by atoms with Crippen LogP contribution < -0.4 is 16.8 Å². The molecule has 0 aliphatic heterocycles. The van der Waals surface area contributed by atoms with Gasteiger partial charge >= 0.3 is 0 Å². The summed E-state index contributed by atoms with van der Waals surface area (Å²) in [6, 6.07) is 9.86. The fourth-order valence-corrected chi connectivity index (χ4v) is 2.50. The lowest BCUT2D eigenvalue weighted by Crippen LogP contribution is -2.49. The molecule has 2 rings (SSSR count). The van der Waals surface area contributed by atoms with E-state index in [-0.39, 0.29) is 12.3 Å². The number of aliphatic hydroxyl groups is 2. The Hall–Kier alpha value is -1.82. The molecule has 2 atom stereocenters. The molecule has 1 aromatic rings. The molecule has 5 nitrogen and oxygen atoms in total. The minimum absolute atomic E-state index is 0.0125. The average molecular weight is 289 g/mol. The van der Waals surface area contributed by atoms with Gasteiger partial charge in [0, 0.05) is 29.4 Å². The van der Waals surface area contributed by atoms with E-state index in [4.69, 9.17) is 21.7 Å². The van der Waals surface area contributed by atoms with E-state index in [1.54, 1.807) is 6.08 Å². The smallest absolute Gasteiger partial charge is 0.151 e. The van der Waals surface area contributed by atoms with E-state index < -0.39 is 11.8 Å². The van der Waals surface area contributed by atoms with Crippen molar-refractivity contribution in [3.05, 3.63) is 54.3 Å². The summed E-state index contributed by atoms with van der Waals surface area (Å²) in [4.78, 5) is 0. The van der Waals surface area contributed by atoms with Gasteiger partial charge in [0.05, 0.1) is 0 Å². The second-order valence-corrected chi connectivity index (χ2v) is 5.49. The summed E-state index contributed by atoms with van der Waals surface area (Å²) in [5.74, 6) is -0.0125. The van der Waals surface area contributed by atoms with Crippen molar-refractivity contribution in [2.24, 2.45) is 17.4 Å². The highest BCUT2D eigenvalue weighted by Gasteiger charge is 2.33. The SMILES string of the molecule is NC1=CC(CNc2ccccc2)C(N)(CCC(O)O)C=C1. The number of hydrogen-bond acceptors (Lipinski definition) is 5. The molecule has 0 radical (unpaired) electrons. The van der Waals surface area contributed by atoms with Crippen LogP contribution in [0.4, 0.5) is 5.69 Å². The van der Waals surface area contributed by atoms with Crippen molar-refractivity contribution >= 4 is 5.69 Å². The molecule has 0 fully saturated rings. The van der Waals surface area contributed by atoms with Crippen LogP contribution in [0, 0.1) is 5.92 Å². The zero-order chi connectivity index (χ0) is 15.3. The van der Waals surface area contributed by atoms with Crippen molar-refractivity contribution in [1.82, 2.24) is 0 Å². The van der Waals surface area contributed by atoms with E-state index in [9.17, 15) is 0 Å². The van der Waals surface area contributed by atoms with E-state index in [1.165, 1.54) is 0 Å². The summed E-state index contributed by atoms with van der Waals surface area (Å²) >= 11 is 0. The predicted molar refractivity (Wildman–Crippen MR) is 84.2 cm³/mol.